The third-order valence-corrected chi connectivity index (χ3v) is 5.01. The van der Waals surface area contributed by atoms with Gasteiger partial charge in [-0.25, -0.2) is 9.78 Å². The Bertz CT molecular complexity index is 734. The number of aromatic carboxylic acids is 1. The number of thioether (sulfide) groups is 1. The molecule has 0 atom stereocenters. The summed E-state index contributed by atoms with van der Waals surface area (Å²) >= 11 is 3.28. The van der Waals surface area contributed by atoms with E-state index in [9.17, 15) is 4.79 Å². The summed E-state index contributed by atoms with van der Waals surface area (Å²) in [5.41, 5.74) is 1.34. The highest BCUT2D eigenvalue weighted by Crippen LogP contribution is 2.28. The number of nitrogens with zero attached hydrogens (tertiary/aromatic N) is 1. The standard InChI is InChI=1S/C15H11NO2S2/c17-15(18)10-4-3-5-11(8-10)19-9-14-16-12-6-1-2-7-13(12)20-14/h1-8H,9H2,(H,17,18). The maximum atomic E-state index is 10.9. The molecule has 1 heterocycles. The molecule has 3 nitrogen and oxygen atoms in total. The quantitative estimate of drug-likeness (QED) is 0.730. The molecule has 0 unspecified atom stereocenters. The van der Waals surface area contributed by atoms with Crippen LogP contribution in [-0.4, -0.2) is 16.1 Å². The van der Waals surface area contributed by atoms with Crippen LogP contribution in [0.3, 0.4) is 0 Å². The van der Waals surface area contributed by atoms with Gasteiger partial charge in [0.2, 0.25) is 0 Å². The lowest BCUT2D eigenvalue weighted by atomic mass is 10.2. The molecule has 2 aromatic carbocycles. The van der Waals surface area contributed by atoms with Gasteiger partial charge in [0, 0.05) is 4.90 Å². The number of hydrogen-bond acceptors (Lipinski definition) is 4. The molecule has 3 aromatic rings. The first-order valence-electron chi connectivity index (χ1n) is 6.03. The minimum atomic E-state index is -0.896. The summed E-state index contributed by atoms with van der Waals surface area (Å²) in [4.78, 5) is 16.4. The third-order valence-electron chi connectivity index (χ3n) is 2.78. The Balaban J connectivity index is 1.75. The van der Waals surface area contributed by atoms with Gasteiger partial charge in [-0.3, -0.25) is 0 Å². The molecule has 100 valence electrons. The van der Waals surface area contributed by atoms with E-state index in [-0.39, 0.29) is 0 Å². The van der Waals surface area contributed by atoms with E-state index in [1.165, 1.54) is 4.70 Å². The first-order valence-corrected chi connectivity index (χ1v) is 7.83. The maximum Gasteiger partial charge on any atom is 0.335 e. The fourth-order valence-corrected chi connectivity index (χ4v) is 3.76. The van der Waals surface area contributed by atoms with Crippen molar-refractivity contribution in [2.24, 2.45) is 0 Å². The smallest absolute Gasteiger partial charge is 0.335 e. The minimum Gasteiger partial charge on any atom is -0.478 e. The molecular formula is C15H11NO2S2. The Hall–Kier alpha value is -1.85. The van der Waals surface area contributed by atoms with Crippen LogP contribution in [0.1, 0.15) is 15.4 Å². The number of hydrogen-bond donors (Lipinski definition) is 1. The zero-order chi connectivity index (χ0) is 13.9. The van der Waals surface area contributed by atoms with Crippen molar-refractivity contribution in [3.63, 3.8) is 0 Å². The van der Waals surface area contributed by atoms with Gasteiger partial charge in [-0.15, -0.1) is 23.1 Å². The number of rotatable bonds is 4. The number of carboxylic acids is 1. The van der Waals surface area contributed by atoms with Crippen molar-refractivity contribution in [1.82, 2.24) is 4.98 Å². The van der Waals surface area contributed by atoms with Gasteiger partial charge in [0.15, 0.2) is 0 Å². The highest BCUT2D eigenvalue weighted by molar-refractivity contribution is 7.98. The number of thiazole rings is 1. The molecule has 0 bridgehead atoms. The molecule has 0 fully saturated rings. The van der Waals surface area contributed by atoms with Crippen molar-refractivity contribution >= 4 is 39.3 Å². The number of benzene rings is 2. The molecule has 0 amide bonds. The minimum absolute atomic E-state index is 0.319. The van der Waals surface area contributed by atoms with E-state index in [0.717, 1.165) is 21.2 Å². The summed E-state index contributed by atoms with van der Waals surface area (Å²) in [5, 5.41) is 10.0. The highest BCUT2D eigenvalue weighted by atomic mass is 32.2. The molecule has 0 saturated carbocycles. The van der Waals surface area contributed by atoms with Gasteiger partial charge in [-0.05, 0) is 30.3 Å². The van der Waals surface area contributed by atoms with Crippen LogP contribution in [0.25, 0.3) is 10.2 Å². The topological polar surface area (TPSA) is 50.2 Å². The Morgan fingerprint density at radius 2 is 2.05 bits per heavy atom. The van der Waals surface area contributed by atoms with Crippen molar-refractivity contribution in [3.05, 3.63) is 59.1 Å². The van der Waals surface area contributed by atoms with Crippen LogP contribution in [0.15, 0.2) is 53.4 Å². The van der Waals surface area contributed by atoms with Gasteiger partial charge in [-0.2, -0.15) is 0 Å². The van der Waals surface area contributed by atoms with Crippen LogP contribution < -0.4 is 0 Å². The average Bonchev–Trinajstić information content (AvgIpc) is 2.88. The van der Waals surface area contributed by atoms with Crippen molar-refractivity contribution in [3.8, 4) is 0 Å². The molecule has 0 spiro atoms. The lowest BCUT2D eigenvalue weighted by Gasteiger charge is -2.00. The fourth-order valence-electron chi connectivity index (χ4n) is 1.85. The first kappa shape index (κ1) is 13.1. The highest BCUT2D eigenvalue weighted by Gasteiger charge is 2.06. The van der Waals surface area contributed by atoms with Crippen LogP contribution in [0.5, 0.6) is 0 Å². The zero-order valence-corrected chi connectivity index (χ0v) is 12.1. The Morgan fingerprint density at radius 1 is 1.20 bits per heavy atom. The van der Waals surface area contributed by atoms with Crippen LogP contribution >= 0.6 is 23.1 Å². The van der Waals surface area contributed by atoms with Gasteiger partial charge in [0.25, 0.3) is 0 Å². The zero-order valence-electron chi connectivity index (χ0n) is 10.4. The lowest BCUT2D eigenvalue weighted by Crippen LogP contribution is -1.95. The van der Waals surface area contributed by atoms with Crippen LogP contribution in [0, 0.1) is 0 Å². The molecule has 1 aromatic heterocycles. The maximum absolute atomic E-state index is 10.9. The van der Waals surface area contributed by atoms with Crippen LogP contribution in [-0.2, 0) is 5.75 Å². The Kier molecular flexibility index (Phi) is 3.71. The van der Waals surface area contributed by atoms with E-state index in [1.807, 2.05) is 24.3 Å². The second-order valence-electron chi connectivity index (χ2n) is 4.20. The van der Waals surface area contributed by atoms with Crippen molar-refractivity contribution in [2.75, 3.05) is 0 Å². The van der Waals surface area contributed by atoms with Crippen molar-refractivity contribution < 1.29 is 9.90 Å². The Labute approximate surface area is 124 Å². The predicted octanol–water partition coefficient (Wildman–Crippen LogP) is 4.29. The molecule has 0 radical (unpaired) electrons. The molecule has 3 rings (SSSR count). The first-order chi connectivity index (χ1) is 9.72. The van der Waals surface area contributed by atoms with Gasteiger partial charge < -0.3 is 5.11 Å². The molecule has 0 aliphatic carbocycles. The fraction of sp³-hybridized carbons (Fsp3) is 0.0667. The van der Waals surface area contributed by atoms with E-state index in [0.29, 0.717) is 5.56 Å². The van der Waals surface area contributed by atoms with Gasteiger partial charge in [-0.1, -0.05) is 18.2 Å². The number of fused-ring (bicyclic) bond motifs is 1. The third kappa shape index (κ3) is 2.84. The number of carboxylic acid groups (broad SMARTS) is 1. The van der Waals surface area contributed by atoms with Gasteiger partial charge >= 0.3 is 5.97 Å². The molecule has 5 heteroatoms. The van der Waals surface area contributed by atoms with E-state index in [2.05, 4.69) is 11.1 Å². The van der Waals surface area contributed by atoms with E-state index in [1.54, 1.807) is 41.3 Å². The number of carbonyl (C=O) groups is 1. The molecule has 20 heavy (non-hydrogen) atoms. The molecule has 0 aliphatic rings. The summed E-state index contributed by atoms with van der Waals surface area (Å²) in [5.74, 6) is -0.143. The second-order valence-corrected chi connectivity index (χ2v) is 6.36. The lowest BCUT2D eigenvalue weighted by molar-refractivity contribution is 0.0696. The Morgan fingerprint density at radius 3 is 2.85 bits per heavy atom. The number of aromatic nitrogens is 1. The SMILES string of the molecule is O=C(O)c1cccc(SCc2nc3ccccc3s2)c1. The normalized spacial score (nSPS) is 10.8. The monoisotopic (exact) mass is 301 g/mol. The van der Waals surface area contributed by atoms with E-state index in [4.69, 9.17) is 5.11 Å². The second kappa shape index (κ2) is 5.64. The van der Waals surface area contributed by atoms with Crippen LogP contribution in [0.2, 0.25) is 0 Å². The molecular weight excluding hydrogens is 290 g/mol. The predicted molar refractivity (Wildman–Crippen MR) is 82.6 cm³/mol. The van der Waals surface area contributed by atoms with Gasteiger partial charge in [0.1, 0.15) is 5.01 Å². The largest absolute Gasteiger partial charge is 0.478 e. The van der Waals surface area contributed by atoms with Crippen molar-refractivity contribution in [1.29, 1.82) is 0 Å². The van der Waals surface area contributed by atoms with Gasteiger partial charge in [0.05, 0.1) is 21.5 Å². The average molecular weight is 301 g/mol. The van der Waals surface area contributed by atoms with E-state index >= 15 is 0 Å². The summed E-state index contributed by atoms with van der Waals surface area (Å²) in [6.07, 6.45) is 0. The molecule has 1 N–H and O–H groups in total. The van der Waals surface area contributed by atoms with Crippen LogP contribution in [0.4, 0.5) is 0 Å². The molecule has 0 saturated heterocycles. The summed E-state index contributed by atoms with van der Waals surface area (Å²) in [6, 6.07) is 15.0. The summed E-state index contributed by atoms with van der Waals surface area (Å²) in [6.45, 7) is 0. The van der Waals surface area contributed by atoms with E-state index < -0.39 is 5.97 Å². The number of para-hydroxylation sites is 1. The summed E-state index contributed by atoms with van der Waals surface area (Å²) in [7, 11) is 0. The molecule has 0 aliphatic heterocycles. The van der Waals surface area contributed by atoms with Crippen molar-refractivity contribution in [2.45, 2.75) is 10.6 Å². The summed E-state index contributed by atoms with van der Waals surface area (Å²) < 4.78 is 1.18.